The lowest BCUT2D eigenvalue weighted by Gasteiger charge is -2.31. The minimum absolute atomic E-state index is 0.244. The van der Waals surface area contributed by atoms with E-state index >= 15 is 0 Å². The van der Waals surface area contributed by atoms with Gasteiger partial charge in [-0.15, -0.1) is 0 Å². The van der Waals surface area contributed by atoms with Gasteiger partial charge in [0.1, 0.15) is 18.0 Å². The highest BCUT2D eigenvalue weighted by Gasteiger charge is 2.23. The first-order chi connectivity index (χ1) is 13.2. The van der Waals surface area contributed by atoms with E-state index in [1.54, 1.807) is 17.0 Å². The third-order valence-corrected chi connectivity index (χ3v) is 4.33. The van der Waals surface area contributed by atoms with E-state index in [1.807, 2.05) is 25.1 Å². The van der Waals surface area contributed by atoms with Gasteiger partial charge in [-0.05, 0) is 44.0 Å². The van der Waals surface area contributed by atoms with Gasteiger partial charge in [0.2, 0.25) is 0 Å². The van der Waals surface area contributed by atoms with Crippen LogP contribution in [0.4, 0.5) is 22.1 Å². The second-order valence-electron chi connectivity index (χ2n) is 6.21. The van der Waals surface area contributed by atoms with Crippen LogP contribution in [0.2, 0.25) is 0 Å². The van der Waals surface area contributed by atoms with Crippen molar-refractivity contribution in [2.45, 2.75) is 25.8 Å². The molecule has 0 unspecified atom stereocenters. The Morgan fingerprint density at radius 3 is 2.63 bits per heavy atom. The lowest BCUT2D eigenvalue weighted by molar-refractivity contribution is 0.0983. The highest BCUT2D eigenvalue weighted by Crippen LogP contribution is 2.19. The fraction of sp³-hybridized carbons (Fsp3) is 0.368. The quantitative estimate of drug-likeness (QED) is 0.838. The SMILES string of the molecule is CCOC(=O)N1CCC(Nc2cc(Nc3ccc(C#N)cc3)ncn2)CC1. The summed E-state index contributed by atoms with van der Waals surface area (Å²) in [7, 11) is 0. The van der Waals surface area contributed by atoms with Crippen LogP contribution in [0.15, 0.2) is 36.7 Å². The van der Waals surface area contributed by atoms with Gasteiger partial charge in [0, 0.05) is 30.9 Å². The Bertz CT molecular complexity index is 810. The largest absolute Gasteiger partial charge is 0.450 e. The number of rotatable bonds is 5. The monoisotopic (exact) mass is 366 g/mol. The van der Waals surface area contributed by atoms with E-state index in [4.69, 9.17) is 10.00 Å². The first kappa shape index (κ1) is 18.5. The van der Waals surface area contributed by atoms with Gasteiger partial charge in [-0.25, -0.2) is 14.8 Å². The normalized spacial score (nSPS) is 14.3. The molecule has 0 bridgehead atoms. The fourth-order valence-corrected chi connectivity index (χ4v) is 2.91. The predicted molar refractivity (Wildman–Crippen MR) is 102 cm³/mol. The Kier molecular flexibility index (Phi) is 6.05. The lowest BCUT2D eigenvalue weighted by Crippen LogP contribution is -2.42. The number of piperidine rings is 1. The van der Waals surface area contributed by atoms with Crippen LogP contribution < -0.4 is 10.6 Å². The summed E-state index contributed by atoms with van der Waals surface area (Å²) in [6, 6.07) is 11.3. The molecule has 2 N–H and O–H groups in total. The Balaban J connectivity index is 1.55. The second kappa shape index (κ2) is 8.85. The van der Waals surface area contributed by atoms with Crippen molar-refractivity contribution in [3.05, 3.63) is 42.2 Å². The van der Waals surface area contributed by atoms with Gasteiger partial charge in [0.05, 0.1) is 18.2 Å². The lowest BCUT2D eigenvalue weighted by atomic mass is 10.1. The van der Waals surface area contributed by atoms with Gasteiger partial charge < -0.3 is 20.3 Å². The molecule has 0 aliphatic carbocycles. The number of carbonyl (C=O) groups excluding carboxylic acids is 1. The maximum atomic E-state index is 11.8. The number of ether oxygens (including phenoxy) is 1. The van der Waals surface area contributed by atoms with Crippen molar-refractivity contribution >= 4 is 23.4 Å². The number of likely N-dealkylation sites (tertiary alicyclic amines) is 1. The summed E-state index contributed by atoms with van der Waals surface area (Å²) in [4.78, 5) is 22.0. The van der Waals surface area contributed by atoms with Crippen LogP contribution in [-0.4, -0.2) is 46.7 Å². The van der Waals surface area contributed by atoms with Crippen molar-refractivity contribution in [2.24, 2.45) is 0 Å². The number of nitriles is 1. The Morgan fingerprint density at radius 1 is 1.26 bits per heavy atom. The topological polar surface area (TPSA) is 103 Å². The Labute approximate surface area is 158 Å². The van der Waals surface area contributed by atoms with E-state index in [2.05, 4.69) is 26.7 Å². The van der Waals surface area contributed by atoms with Gasteiger partial charge >= 0.3 is 6.09 Å². The molecule has 2 aromatic rings. The number of anilines is 3. The summed E-state index contributed by atoms with van der Waals surface area (Å²) in [5.41, 5.74) is 1.46. The van der Waals surface area contributed by atoms with Crippen molar-refractivity contribution in [3.63, 3.8) is 0 Å². The molecule has 0 spiro atoms. The summed E-state index contributed by atoms with van der Waals surface area (Å²) in [5, 5.41) is 15.5. The molecule has 3 rings (SSSR count). The molecular formula is C19H22N6O2. The van der Waals surface area contributed by atoms with E-state index in [0.717, 1.165) is 24.3 Å². The zero-order valence-electron chi connectivity index (χ0n) is 15.2. The molecule has 1 amide bonds. The average Bonchev–Trinajstić information content (AvgIpc) is 2.70. The summed E-state index contributed by atoms with van der Waals surface area (Å²) in [5.74, 6) is 1.40. The number of benzene rings is 1. The van der Waals surface area contributed by atoms with Crippen LogP contribution in [0, 0.1) is 11.3 Å². The standard InChI is InChI=1S/C19H22N6O2/c1-2-27-19(26)25-9-7-16(8-10-25)24-18-11-17(21-13-22-18)23-15-5-3-14(12-20)4-6-15/h3-6,11,13,16H,2,7-10H2,1H3,(H2,21,22,23,24). The highest BCUT2D eigenvalue weighted by atomic mass is 16.6. The molecule has 8 nitrogen and oxygen atoms in total. The number of hydrogen-bond acceptors (Lipinski definition) is 7. The van der Waals surface area contributed by atoms with Gasteiger partial charge in [-0.3, -0.25) is 0 Å². The molecule has 0 atom stereocenters. The van der Waals surface area contributed by atoms with Gasteiger partial charge in [0.15, 0.2) is 0 Å². The second-order valence-corrected chi connectivity index (χ2v) is 6.21. The van der Waals surface area contributed by atoms with E-state index in [9.17, 15) is 4.79 Å². The van der Waals surface area contributed by atoms with Crippen molar-refractivity contribution in [1.82, 2.24) is 14.9 Å². The van der Waals surface area contributed by atoms with Gasteiger partial charge in [-0.1, -0.05) is 0 Å². The van der Waals surface area contributed by atoms with Crippen LogP contribution >= 0.6 is 0 Å². The molecule has 1 aromatic carbocycles. The maximum absolute atomic E-state index is 11.8. The summed E-state index contributed by atoms with van der Waals surface area (Å²) in [6.07, 6.45) is 2.93. The molecular weight excluding hydrogens is 344 g/mol. The van der Waals surface area contributed by atoms with Crippen molar-refractivity contribution in [1.29, 1.82) is 5.26 Å². The van der Waals surface area contributed by atoms with E-state index in [-0.39, 0.29) is 12.1 Å². The van der Waals surface area contributed by atoms with Crippen molar-refractivity contribution in [2.75, 3.05) is 30.3 Å². The third-order valence-electron chi connectivity index (χ3n) is 4.33. The number of nitrogens with one attached hydrogen (secondary N) is 2. The van der Waals surface area contributed by atoms with Crippen LogP contribution in [-0.2, 0) is 4.74 Å². The minimum Gasteiger partial charge on any atom is -0.450 e. The van der Waals surface area contributed by atoms with E-state index in [0.29, 0.717) is 31.1 Å². The van der Waals surface area contributed by atoms with Crippen LogP contribution in [0.1, 0.15) is 25.3 Å². The Morgan fingerprint density at radius 2 is 1.96 bits per heavy atom. The molecule has 2 heterocycles. The number of nitrogens with zero attached hydrogens (tertiary/aromatic N) is 4. The van der Waals surface area contributed by atoms with Gasteiger partial charge in [0.25, 0.3) is 0 Å². The van der Waals surface area contributed by atoms with Crippen LogP contribution in [0.5, 0.6) is 0 Å². The maximum Gasteiger partial charge on any atom is 0.409 e. The van der Waals surface area contributed by atoms with E-state index in [1.165, 1.54) is 6.33 Å². The van der Waals surface area contributed by atoms with Crippen LogP contribution in [0.3, 0.4) is 0 Å². The first-order valence-electron chi connectivity index (χ1n) is 8.95. The molecule has 1 aliphatic rings. The molecule has 8 heteroatoms. The summed E-state index contributed by atoms with van der Waals surface area (Å²) < 4.78 is 5.04. The molecule has 140 valence electrons. The average molecular weight is 366 g/mol. The molecule has 1 fully saturated rings. The Hall–Kier alpha value is -3.34. The highest BCUT2D eigenvalue weighted by molar-refractivity contribution is 5.67. The summed E-state index contributed by atoms with van der Waals surface area (Å²) in [6.45, 7) is 3.54. The van der Waals surface area contributed by atoms with Crippen molar-refractivity contribution < 1.29 is 9.53 Å². The first-order valence-corrected chi connectivity index (χ1v) is 8.95. The number of aromatic nitrogens is 2. The zero-order chi connectivity index (χ0) is 19.1. The smallest absolute Gasteiger partial charge is 0.409 e. The molecule has 0 saturated carbocycles. The third kappa shape index (κ3) is 5.07. The molecule has 0 radical (unpaired) electrons. The number of hydrogen-bond donors (Lipinski definition) is 2. The zero-order valence-corrected chi connectivity index (χ0v) is 15.2. The number of amides is 1. The van der Waals surface area contributed by atoms with Gasteiger partial charge in [-0.2, -0.15) is 5.26 Å². The van der Waals surface area contributed by atoms with Crippen LogP contribution in [0.25, 0.3) is 0 Å². The van der Waals surface area contributed by atoms with E-state index < -0.39 is 0 Å². The molecule has 1 aromatic heterocycles. The molecule has 1 saturated heterocycles. The summed E-state index contributed by atoms with van der Waals surface area (Å²) >= 11 is 0. The minimum atomic E-state index is -0.244. The molecule has 27 heavy (non-hydrogen) atoms. The molecule has 1 aliphatic heterocycles. The predicted octanol–water partition coefficient (Wildman–Crippen LogP) is 3.12. The number of carbonyl (C=O) groups is 1. The van der Waals surface area contributed by atoms with Crippen molar-refractivity contribution in [3.8, 4) is 6.07 Å². The fourth-order valence-electron chi connectivity index (χ4n) is 2.91.